The fraction of sp³-hybridized carbons (Fsp3) is 0. The Morgan fingerprint density at radius 1 is 1.50 bits per heavy atom. The number of benzene rings is 1. The van der Waals surface area contributed by atoms with Crippen molar-refractivity contribution in [1.82, 2.24) is 0 Å². The molecule has 0 heterocycles. The minimum atomic E-state index is -0.737. The molecule has 16 heavy (non-hydrogen) atoms. The smallest absolute Gasteiger partial charge is 0.310 e. The Labute approximate surface area is 90.4 Å². The number of nitro benzene ring substituents is 1. The van der Waals surface area contributed by atoms with Crippen LogP contribution in [0.2, 0.25) is 0 Å². The summed E-state index contributed by atoms with van der Waals surface area (Å²) in [6.45, 7) is 0. The Balaban J connectivity index is 3.27. The van der Waals surface area contributed by atoms with Gasteiger partial charge in [0.1, 0.15) is 6.07 Å². The molecule has 0 atom stereocenters. The number of nitro groups is 1. The van der Waals surface area contributed by atoms with E-state index >= 15 is 0 Å². The van der Waals surface area contributed by atoms with Crippen molar-refractivity contribution in [3.63, 3.8) is 0 Å². The number of hydrogen-bond acceptors (Lipinski definition) is 5. The molecule has 0 fully saturated rings. The molecule has 0 aliphatic rings. The van der Waals surface area contributed by atoms with Crippen LogP contribution in [0.4, 0.5) is 5.69 Å². The van der Waals surface area contributed by atoms with Gasteiger partial charge >= 0.3 is 5.69 Å². The van der Waals surface area contributed by atoms with E-state index in [1.807, 2.05) is 0 Å². The van der Waals surface area contributed by atoms with Gasteiger partial charge in [-0.3, -0.25) is 10.1 Å². The number of allylic oxidation sites excluding steroid dienone is 2. The van der Waals surface area contributed by atoms with Crippen LogP contribution in [0.1, 0.15) is 5.56 Å². The van der Waals surface area contributed by atoms with E-state index in [9.17, 15) is 15.2 Å². The fourth-order valence-corrected chi connectivity index (χ4v) is 1.09. The first kappa shape index (κ1) is 11.2. The van der Waals surface area contributed by atoms with Gasteiger partial charge in [0.05, 0.1) is 16.6 Å². The van der Waals surface area contributed by atoms with E-state index in [-0.39, 0.29) is 11.1 Å². The van der Waals surface area contributed by atoms with Crippen LogP contribution in [0.3, 0.4) is 0 Å². The van der Waals surface area contributed by atoms with Crippen LogP contribution >= 0.6 is 0 Å². The number of aromatic hydroxyl groups is 1. The van der Waals surface area contributed by atoms with E-state index in [4.69, 9.17) is 10.5 Å². The minimum absolute atomic E-state index is 0.0349. The molecule has 0 saturated carbocycles. The third kappa shape index (κ3) is 2.14. The van der Waals surface area contributed by atoms with Gasteiger partial charge in [-0.15, -0.1) is 0 Å². The lowest BCUT2D eigenvalue weighted by Crippen LogP contribution is -1.90. The molecule has 0 radical (unpaired) electrons. The molecule has 1 aromatic carbocycles. The zero-order valence-electron chi connectivity index (χ0n) is 7.91. The molecular formula is C10H5N3O3. The first-order chi connectivity index (χ1) is 7.60. The van der Waals surface area contributed by atoms with Gasteiger partial charge in [0.15, 0.2) is 5.75 Å². The first-order valence-electron chi connectivity index (χ1n) is 4.07. The third-order valence-electron chi connectivity index (χ3n) is 1.81. The molecule has 0 aliphatic heterocycles. The van der Waals surface area contributed by atoms with E-state index in [1.165, 1.54) is 6.07 Å². The highest BCUT2D eigenvalue weighted by atomic mass is 16.6. The van der Waals surface area contributed by atoms with Gasteiger partial charge in [-0.25, -0.2) is 0 Å². The second-order valence-electron chi connectivity index (χ2n) is 2.76. The average molecular weight is 215 g/mol. The van der Waals surface area contributed by atoms with Crippen molar-refractivity contribution in [2.45, 2.75) is 0 Å². The Bertz CT molecular complexity index is 549. The van der Waals surface area contributed by atoms with Crippen molar-refractivity contribution >= 4 is 11.3 Å². The summed E-state index contributed by atoms with van der Waals surface area (Å²) in [6.07, 6.45) is 1.00. The Morgan fingerprint density at radius 3 is 2.62 bits per heavy atom. The summed E-state index contributed by atoms with van der Waals surface area (Å²) in [7, 11) is 0. The highest BCUT2D eigenvalue weighted by molar-refractivity contribution is 5.79. The fourth-order valence-electron chi connectivity index (χ4n) is 1.09. The van der Waals surface area contributed by atoms with Crippen LogP contribution in [0.5, 0.6) is 5.75 Å². The lowest BCUT2D eigenvalue weighted by molar-refractivity contribution is -0.385. The lowest BCUT2D eigenvalue weighted by Gasteiger charge is -1.99. The summed E-state index contributed by atoms with van der Waals surface area (Å²) >= 11 is 0. The molecule has 6 nitrogen and oxygen atoms in total. The molecule has 0 aliphatic carbocycles. The number of nitrogens with zero attached hydrogens (tertiary/aromatic N) is 3. The number of hydrogen-bond donors (Lipinski definition) is 1. The monoisotopic (exact) mass is 215 g/mol. The van der Waals surface area contributed by atoms with Gasteiger partial charge in [0.25, 0.3) is 0 Å². The first-order valence-corrected chi connectivity index (χ1v) is 4.07. The van der Waals surface area contributed by atoms with Gasteiger partial charge < -0.3 is 5.11 Å². The summed E-state index contributed by atoms with van der Waals surface area (Å²) in [6, 6.07) is 6.87. The predicted octanol–water partition coefficient (Wildman–Crippen LogP) is 1.73. The van der Waals surface area contributed by atoms with E-state index in [2.05, 4.69) is 0 Å². The van der Waals surface area contributed by atoms with Gasteiger partial charge in [0, 0.05) is 12.1 Å². The van der Waals surface area contributed by atoms with E-state index in [0.717, 1.165) is 18.2 Å². The predicted molar refractivity (Wildman–Crippen MR) is 54.0 cm³/mol. The van der Waals surface area contributed by atoms with Crippen LogP contribution in [0.15, 0.2) is 24.3 Å². The number of phenolic OH excluding ortho intramolecular Hbond substituents is 1. The summed E-state index contributed by atoms with van der Waals surface area (Å²) in [4.78, 5) is 9.67. The zero-order valence-corrected chi connectivity index (χ0v) is 7.91. The van der Waals surface area contributed by atoms with Crippen LogP contribution in [0, 0.1) is 32.8 Å². The lowest BCUT2D eigenvalue weighted by atomic mass is 10.1. The van der Waals surface area contributed by atoms with Crippen molar-refractivity contribution < 1.29 is 10.0 Å². The van der Waals surface area contributed by atoms with Crippen LogP contribution in [0.25, 0.3) is 5.57 Å². The Hall–Kier alpha value is -2.86. The molecule has 0 aromatic heterocycles. The summed E-state index contributed by atoms with van der Waals surface area (Å²) < 4.78 is 0. The van der Waals surface area contributed by atoms with Crippen molar-refractivity contribution in [3.05, 3.63) is 40.0 Å². The third-order valence-corrected chi connectivity index (χ3v) is 1.81. The summed E-state index contributed by atoms with van der Waals surface area (Å²) in [5.74, 6) is -0.540. The average Bonchev–Trinajstić information content (AvgIpc) is 2.25. The molecule has 1 rings (SSSR count). The molecule has 1 aromatic rings. The van der Waals surface area contributed by atoms with E-state index in [0.29, 0.717) is 0 Å². The largest absolute Gasteiger partial charge is 0.502 e. The molecule has 0 amide bonds. The van der Waals surface area contributed by atoms with Crippen LogP contribution < -0.4 is 0 Å². The molecule has 78 valence electrons. The van der Waals surface area contributed by atoms with Crippen molar-refractivity contribution in [3.8, 4) is 17.9 Å². The molecule has 0 bridgehead atoms. The maximum absolute atomic E-state index is 10.4. The summed E-state index contributed by atoms with van der Waals surface area (Å²) in [5.41, 5.74) is -0.155. The van der Waals surface area contributed by atoms with Gasteiger partial charge in [-0.2, -0.15) is 10.5 Å². The highest BCUT2D eigenvalue weighted by Crippen LogP contribution is 2.28. The van der Waals surface area contributed by atoms with Crippen LogP contribution in [-0.4, -0.2) is 10.0 Å². The van der Waals surface area contributed by atoms with Crippen molar-refractivity contribution in [2.75, 3.05) is 0 Å². The van der Waals surface area contributed by atoms with Crippen LogP contribution in [-0.2, 0) is 0 Å². The molecule has 0 spiro atoms. The second-order valence-corrected chi connectivity index (χ2v) is 2.76. The van der Waals surface area contributed by atoms with Gasteiger partial charge in [-0.1, -0.05) is 0 Å². The highest BCUT2D eigenvalue weighted by Gasteiger charge is 2.14. The Kier molecular flexibility index (Phi) is 3.21. The van der Waals surface area contributed by atoms with Crippen molar-refractivity contribution in [1.29, 1.82) is 10.5 Å². The number of phenols is 1. The molecule has 6 heteroatoms. The normalized spacial score (nSPS) is 10.2. The maximum Gasteiger partial charge on any atom is 0.310 e. The summed E-state index contributed by atoms with van der Waals surface area (Å²) in [5, 5.41) is 36.8. The molecule has 1 N–H and O–H groups in total. The molecule has 0 unspecified atom stereocenters. The maximum atomic E-state index is 10.4. The second kappa shape index (κ2) is 4.58. The van der Waals surface area contributed by atoms with Crippen molar-refractivity contribution in [2.24, 2.45) is 0 Å². The molecular weight excluding hydrogens is 210 g/mol. The number of rotatable bonds is 2. The van der Waals surface area contributed by atoms with Gasteiger partial charge in [0.2, 0.25) is 0 Å². The standard InChI is InChI=1S/C10H5N3O3/c11-4-3-8(6-12)7-1-2-9(13(15)16)10(14)5-7/h1-3,5,14H. The van der Waals surface area contributed by atoms with E-state index < -0.39 is 16.4 Å². The van der Waals surface area contributed by atoms with E-state index in [1.54, 1.807) is 12.1 Å². The minimum Gasteiger partial charge on any atom is -0.502 e. The topological polar surface area (TPSA) is 111 Å². The quantitative estimate of drug-likeness (QED) is 0.458. The molecule has 0 saturated heterocycles. The zero-order chi connectivity index (χ0) is 12.1. The SMILES string of the molecule is N#CC=C(C#N)c1ccc([N+](=O)[O-])c(O)c1. The number of nitriles is 2. The Morgan fingerprint density at radius 2 is 2.19 bits per heavy atom. The van der Waals surface area contributed by atoms with Gasteiger partial charge in [-0.05, 0) is 17.7 Å².